The molecule has 3 heterocycles. The Hall–Kier alpha value is -3.46. The first-order valence-corrected chi connectivity index (χ1v) is 13.0. The van der Waals surface area contributed by atoms with Crippen molar-refractivity contribution in [2.45, 2.75) is 50.8 Å². The molecule has 13 nitrogen and oxygen atoms in total. The van der Waals surface area contributed by atoms with Crippen LogP contribution in [-0.2, 0) is 33.5 Å². The number of rotatable bonds is 10. The number of aromatic nitrogens is 1. The van der Waals surface area contributed by atoms with Crippen LogP contribution in [0.5, 0.6) is 0 Å². The van der Waals surface area contributed by atoms with Crippen LogP contribution in [0.4, 0.5) is 5.13 Å². The number of oxime groups is 1. The molecule has 3 amide bonds. The lowest BCUT2D eigenvalue weighted by molar-refractivity contribution is -0.167. The van der Waals surface area contributed by atoms with Crippen molar-refractivity contribution in [1.82, 2.24) is 15.2 Å². The zero-order chi connectivity index (χ0) is 27.5. The normalized spacial score (nSPS) is 24.2. The lowest BCUT2D eigenvalue weighted by Gasteiger charge is -2.53. The number of β-lactam (4-membered cyclic amide) rings is 1. The summed E-state index contributed by atoms with van der Waals surface area (Å²) < 4.78 is 5.24. The summed E-state index contributed by atoms with van der Waals surface area (Å²) >= 11 is 2.24. The fourth-order valence-corrected chi connectivity index (χ4v) is 5.60. The number of thiazole rings is 1. The lowest BCUT2D eigenvalue weighted by atomic mass is 9.87. The molecule has 2 fully saturated rings. The highest BCUT2D eigenvalue weighted by Gasteiger charge is 2.56. The maximum Gasteiger partial charge on any atom is 0.350 e. The van der Waals surface area contributed by atoms with E-state index in [4.69, 9.17) is 9.57 Å². The van der Waals surface area contributed by atoms with Gasteiger partial charge in [-0.3, -0.25) is 19.2 Å². The molecule has 0 saturated carbocycles. The van der Waals surface area contributed by atoms with Crippen molar-refractivity contribution in [2.75, 3.05) is 17.6 Å². The number of carbonyl (C=O) groups excluding carboxylic acids is 4. The van der Waals surface area contributed by atoms with Crippen molar-refractivity contribution in [1.29, 1.82) is 0 Å². The number of fused-ring (bicyclic) bond motifs is 1. The predicted octanol–water partition coefficient (Wildman–Crippen LogP) is 0.819. The zero-order valence-corrected chi connectivity index (χ0v) is 22.2. The summed E-state index contributed by atoms with van der Waals surface area (Å²) in [5.41, 5.74) is -2.32. The molecule has 0 aliphatic carbocycles. The highest BCUT2D eigenvalue weighted by Crippen LogP contribution is 2.42. The summed E-state index contributed by atoms with van der Waals surface area (Å²) in [5.74, 6) is -2.87. The number of nitrogens with one attached hydrogen (secondary N) is 2. The molecule has 0 radical (unpaired) electrons. The van der Waals surface area contributed by atoms with Crippen LogP contribution >= 0.6 is 23.1 Å². The molecular weight excluding hydrogens is 526 g/mol. The van der Waals surface area contributed by atoms with Gasteiger partial charge in [0.25, 0.3) is 5.91 Å². The molecule has 0 bridgehead atoms. The van der Waals surface area contributed by atoms with E-state index in [1.54, 1.807) is 20.8 Å². The number of carboxylic acids is 1. The number of thioether (sulfide) groups is 1. The Bertz CT molecular complexity index is 1150. The topological polar surface area (TPSA) is 177 Å². The van der Waals surface area contributed by atoms with Gasteiger partial charge in [0.05, 0.1) is 0 Å². The first kappa shape index (κ1) is 28.1. The van der Waals surface area contributed by atoms with E-state index in [9.17, 15) is 29.1 Å². The number of aliphatic carboxylic acids is 1. The van der Waals surface area contributed by atoms with E-state index in [1.165, 1.54) is 35.0 Å². The van der Waals surface area contributed by atoms with Crippen molar-refractivity contribution >= 4 is 64.1 Å². The maximum absolute atomic E-state index is 13.2. The molecular formula is C22H27N5O8S2. The van der Waals surface area contributed by atoms with Gasteiger partial charge in [0.2, 0.25) is 18.4 Å². The number of hydrogen-bond donors (Lipinski definition) is 3. The van der Waals surface area contributed by atoms with Crippen LogP contribution in [0.2, 0.25) is 0 Å². The van der Waals surface area contributed by atoms with Gasteiger partial charge >= 0.3 is 11.9 Å². The number of carboxylic acid groups (broad SMARTS) is 1. The third kappa shape index (κ3) is 6.10. The second-order valence-electron chi connectivity index (χ2n) is 9.31. The Morgan fingerprint density at radius 3 is 2.70 bits per heavy atom. The molecule has 3 N–H and O–H groups in total. The standard InChI is InChI=1S/C22H27N5O8S2/c1-6-22(19(32)33)8-27-16(30)14(17(27)37-9-22)25-15(29)13(12-7-36-20(24-12)23-10-28)26-35-11(2)18(31)34-21(3,4)5/h6-7,10-11,14,17H,1,8-9H2,2-5H3,(H,25,29)(H,32,33)(H,23,24,28)/t11?,14?,17-,22?/m1/s1. The Balaban J connectivity index is 1.77. The SMILES string of the molecule is C=CC1(C(=O)O)CS[C@@H]2C(NC(=O)C(=NOC(C)C(=O)OC(C)(C)C)c3csc(NC=O)n3)C(=O)N2C1. The van der Waals surface area contributed by atoms with Gasteiger partial charge in [-0.2, -0.15) is 0 Å². The van der Waals surface area contributed by atoms with Crippen molar-refractivity contribution in [3.63, 3.8) is 0 Å². The number of amides is 3. The van der Waals surface area contributed by atoms with Crippen LogP contribution < -0.4 is 10.6 Å². The minimum atomic E-state index is -1.27. The van der Waals surface area contributed by atoms with Crippen LogP contribution in [0.3, 0.4) is 0 Å². The van der Waals surface area contributed by atoms with Crippen LogP contribution in [0, 0.1) is 5.41 Å². The van der Waals surface area contributed by atoms with E-state index < -0.39 is 52.3 Å². The molecule has 4 atom stereocenters. The van der Waals surface area contributed by atoms with E-state index in [1.807, 2.05) is 0 Å². The van der Waals surface area contributed by atoms with Crippen molar-refractivity contribution in [3.8, 4) is 0 Å². The molecule has 1 aromatic rings. The van der Waals surface area contributed by atoms with Gasteiger partial charge < -0.3 is 30.2 Å². The smallest absolute Gasteiger partial charge is 0.350 e. The van der Waals surface area contributed by atoms with E-state index in [0.717, 1.165) is 11.3 Å². The molecule has 15 heteroatoms. The molecule has 3 unspecified atom stereocenters. The summed E-state index contributed by atoms with van der Waals surface area (Å²) in [5, 5.41) is 19.5. The summed E-state index contributed by atoms with van der Waals surface area (Å²) in [4.78, 5) is 71.4. The molecule has 0 spiro atoms. The van der Waals surface area contributed by atoms with Gasteiger partial charge in [-0.25, -0.2) is 9.78 Å². The molecule has 1 aromatic heterocycles. The monoisotopic (exact) mass is 553 g/mol. The average Bonchev–Trinajstić information content (AvgIpc) is 3.29. The molecule has 3 rings (SSSR count). The quantitative estimate of drug-likeness (QED) is 0.0939. The van der Waals surface area contributed by atoms with Crippen molar-refractivity contribution < 1.29 is 38.7 Å². The molecule has 2 aliphatic heterocycles. The number of anilines is 1. The lowest BCUT2D eigenvalue weighted by Crippen LogP contribution is -2.73. The van der Waals surface area contributed by atoms with Crippen molar-refractivity contribution in [3.05, 3.63) is 23.7 Å². The number of nitrogens with zero attached hydrogens (tertiary/aromatic N) is 3. The Kier molecular flexibility index (Phi) is 8.27. The Labute approximate surface area is 220 Å². The predicted molar refractivity (Wildman–Crippen MR) is 135 cm³/mol. The number of ether oxygens (including phenoxy) is 1. The molecule has 37 heavy (non-hydrogen) atoms. The van der Waals surface area contributed by atoms with Gasteiger partial charge in [0, 0.05) is 17.7 Å². The van der Waals surface area contributed by atoms with E-state index in [2.05, 4.69) is 27.4 Å². The van der Waals surface area contributed by atoms with Gasteiger partial charge in [-0.1, -0.05) is 11.2 Å². The first-order valence-electron chi connectivity index (χ1n) is 11.0. The number of hydrogen-bond acceptors (Lipinski definition) is 11. The van der Waals surface area contributed by atoms with Crippen molar-refractivity contribution in [2.24, 2.45) is 10.6 Å². The fourth-order valence-electron chi connectivity index (χ4n) is 3.41. The summed E-state index contributed by atoms with van der Waals surface area (Å²) in [6, 6.07) is -0.936. The second-order valence-corrected chi connectivity index (χ2v) is 11.3. The van der Waals surface area contributed by atoms with Gasteiger partial charge in [0.15, 0.2) is 10.8 Å². The van der Waals surface area contributed by atoms with Crippen LogP contribution in [0.25, 0.3) is 0 Å². The van der Waals surface area contributed by atoms with Gasteiger partial charge in [0.1, 0.15) is 28.1 Å². The summed E-state index contributed by atoms with van der Waals surface area (Å²) in [7, 11) is 0. The average molecular weight is 554 g/mol. The molecule has 2 aliphatic rings. The fraction of sp³-hybridized carbons (Fsp3) is 0.500. The van der Waals surface area contributed by atoms with E-state index >= 15 is 0 Å². The number of carbonyl (C=O) groups is 5. The minimum absolute atomic E-state index is 0.0414. The highest BCUT2D eigenvalue weighted by molar-refractivity contribution is 8.00. The third-order valence-corrected chi connectivity index (χ3v) is 7.72. The summed E-state index contributed by atoms with van der Waals surface area (Å²) in [6.07, 6.45) is 0.577. The van der Waals surface area contributed by atoms with E-state index in [-0.39, 0.29) is 28.8 Å². The molecule has 200 valence electrons. The number of esters is 1. The second kappa shape index (κ2) is 10.9. The third-order valence-electron chi connectivity index (χ3n) is 5.39. The van der Waals surface area contributed by atoms with E-state index in [0.29, 0.717) is 6.41 Å². The Morgan fingerprint density at radius 2 is 2.11 bits per heavy atom. The van der Waals surface area contributed by atoms with Crippen LogP contribution in [-0.4, -0.2) is 86.3 Å². The highest BCUT2D eigenvalue weighted by atomic mass is 32.2. The van der Waals surface area contributed by atoms with Gasteiger partial charge in [-0.15, -0.1) is 29.7 Å². The Morgan fingerprint density at radius 1 is 1.41 bits per heavy atom. The summed E-state index contributed by atoms with van der Waals surface area (Å²) in [6.45, 7) is 10.0. The van der Waals surface area contributed by atoms with Crippen LogP contribution in [0.1, 0.15) is 33.4 Å². The zero-order valence-electron chi connectivity index (χ0n) is 20.5. The van der Waals surface area contributed by atoms with Crippen LogP contribution in [0.15, 0.2) is 23.2 Å². The molecule has 0 aromatic carbocycles. The van der Waals surface area contributed by atoms with Gasteiger partial charge in [-0.05, 0) is 27.7 Å². The maximum atomic E-state index is 13.2. The molecule has 2 saturated heterocycles. The first-order chi connectivity index (χ1) is 17.3. The largest absolute Gasteiger partial charge is 0.481 e. The minimum Gasteiger partial charge on any atom is -0.481 e.